The van der Waals surface area contributed by atoms with Gasteiger partial charge in [-0.3, -0.25) is 14.2 Å². The molecule has 150 valence electrons. The van der Waals surface area contributed by atoms with Crippen molar-refractivity contribution in [2.75, 3.05) is 43.6 Å². The maximum atomic E-state index is 12.7. The summed E-state index contributed by atoms with van der Waals surface area (Å²) in [7, 11) is 1.54. The molecule has 0 bridgehead atoms. The third-order valence-corrected chi connectivity index (χ3v) is 4.88. The number of rotatable bonds is 6. The van der Waals surface area contributed by atoms with Crippen LogP contribution in [0.2, 0.25) is 5.02 Å². The molecule has 9 heteroatoms. The molecule has 1 N–H and O–H groups in total. The first kappa shape index (κ1) is 20.3. The van der Waals surface area contributed by atoms with Gasteiger partial charge >= 0.3 is 0 Å². The average molecular weight is 407 g/mol. The van der Waals surface area contributed by atoms with Crippen molar-refractivity contribution in [1.29, 1.82) is 0 Å². The van der Waals surface area contributed by atoms with Gasteiger partial charge < -0.3 is 19.7 Å². The molecule has 2 heterocycles. The normalized spacial score (nSPS) is 14.2. The Morgan fingerprint density at radius 1 is 1.36 bits per heavy atom. The summed E-state index contributed by atoms with van der Waals surface area (Å²) < 4.78 is 11.9. The first-order chi connectivity index (χ1) is 13.5. The SMILES string of the molecule is COCc1cc(=O)n(CC(=O)Nc2cccc(Cl)c2C)c(N2CCOCC2)n1. The van der Waals surface area contributed by atoms with E-state index in [1.807, 2.05) is 11.8 Å². The topological polar surface area (TPSA) is 85.7 Å². The lowest BCUT2D eigenvalue weighted by Gasteiger charge is -2.29. The zero-order chi connectivity index (χ0) is 20.1. The van der Waals surface area contributed by atoms with Crippen molar-refractivity contribution in [1.82, 2.24) is 9.55 Å². The molecule has 28 heavy (non-hydrogen) atoms. The number of halogens is 1. The smallest absolute Gasteiger partial charge is 0.255 e. The Morgan fingerprint density at radius 3 is 2.82 bits per heavy atom. The molecule has 0 radical (unpaired) electrons. The van der Waals surface area contributed by atoms with E-state index >= 15 is 0 Å². The molecule has 1 fully saturated rings. The number of nitrogens with zero attached hydrogens (tertiary/aromatic N) is 3. The number of morpholine rings is 1. The number of ether oxygens (including phenoxy) is 2. The van der Waals surface area contributed by atoms with Crippen molar-refractivity contribution in [2.24, 2.45) is 0 Å². The van der Waals surface area contributed by atoms with Crippen LogP contribution in [0.4, 0.5) is 11.6 Å². The van der Waals surface area contributed by atoms with E-state index in [1.54, 1.807) is 25.3 Å². The summed E-state index contributed by atoms with van der Waals surface area (Å²) in [4.78, 5) is 31.8. The van der Waals surface area contributed by atoms with Crippen LogP contribution < -0.4 is 15.8 Å². The number of carbonyl (C=O) groups excluding carboxylic acids is 1. The van der Waals surface area contributed by atoms with E-state index in [-0.39, 0.29) is 24.6 Å². The van der Waals surface area contributed by atoms with E-state index in [0.29, 0.717) is 48.7 Å². The van der Waals surface area contributed by atoms with Gasteiger partial charge in [0.2, 0.25) is 11.9 Å². The predicted octanol–water partition coefficient (Wildman–Crippen LogP) is 1.83. The van der Waals surface area contributed by atoms with Crippen molar-refractivity contribution in [3.63, 3.8) is 0 Å². The van der Waals surface area contributed by atoms with Gasteiger partial charge in [0.25, 0.3) is 5.56 Å². The first-order valence-electron chi connectivity index (χ1n) is 8.97. The zero-order valence-electron chi connectivity index (χ0n) is 15.9. The number of methoxy groups -OCH3 is 1. The summed E-state index contributed by atoms with van der Waals surface area (Å²) in [6.07, 6.45) is 0. The maximum Gasteiger partial charge on any atom is 0.255 e. The zero-order valence-corrected chi connectivity index (χ0v) is 16.7. The highest BCUT2D eigenvalue weighted by molar-refractivity contribution is 6.31. The quantitative estimate of drug-likeness (QED) is 0.787. The van der Waals surface area contributed by atoms with E-state index < -0.39 is 0 Å². The summed E-state index contributed by atoms with van der Waals surface area (Å²) in [6.45, 7) is 4.16. The molecule has 0 atom stereocenters. The molecular weight excluding hydrogens is 384 g/mol. The fourth-order valence-electron chi connectivity index (χ4n) is 2.99. The van der Waals surface area contributed by atoms with Gasteiger partial charge in [-0.25, -0.2) is 4.98 Å². The Balaban J connectivity index is 1.88. The van der Waals surface area contributed by atoms with Gasteiger partial charge in [-0.15, -0.1) is 0 Å². The van der Waals surface area contributed by atoms with Crippen LogP contribution in [-0.2, 0) is 27.4 Å². The molecule has 1 aliphatic rings. The lowest BCUT2D eigenvalue weighted by molar-refractivity contribution is -0.116. The van der Waals surface area contributed by atoms with E-state index in [2.05, 4.69) is 10.3 Å². The molecule has 1 aromatic heterocycles. The maximum absolute atomic E-state index is 12.7. The summed E-state index contributed by atoms with van der Waals surface area (Å²) in [5.74, 6) is 0.115. The monoisotopic (exact) mass is 406 g/mol. The van der Waals surface area contributed by atoms with Gasteiger partial charge in [0.05, 0.1) is 25.5 Å². The number of hydrogen-bond acceptors (Lipinski definition) is 6. The Hall–Kier alpha value is -2.42. The van der Waals surface area contributed by atoms with Crippen molar-refractivity contribution in [3.05, 3.63) is 50.9 Å². The van der Waals surface area contributed by atoms with Gasteiger partial charge in [0.1, 0.15) is 6.54 Å². The van der Waals surface area contributed by atoms with Crippen LogP contribution in [0.25, 0.3) is 0 Å². The van der Waals surface area contributed by atoms with Crippen LogP contribution in [0, 0.1) is 6.92 Å². The largest absolute Gasteiger partial charge is 0.378 e. The first-order valence-corrected chi connectivity index (χ1v) is 9.34. The number of hydrogen-bond donors (Lipinski definition) is 1. The fraction of sp³-hybridized carbons (Fsp3) is 0.421. The van der Waals surface area contributed by atoms with E-state index in [9.17, 15) is 9.59 Å². The van der Waals surface area contributed by atoms with Crippen LogP contribution in [0.3, 0.4) is 0 Å². The van der Waals surface area contributed by atoms with Crippen LogP contribution in [0.5, 0.6) is 0 Å². The van der Waals surface area contributed by atoms with Gasteiger partial charge in [-0.1, -0.05) is 17.7 Å². The van der Waals surface area contributed by atoms with Crippen molar-refractivity contribution < 1.29 is 14.3 Å². The Kier molecular flexibility index (Phi) is 6.66. The third kappa shape index (κ3) is 4.70. The Morgan fingerprint density at radius 2 is 2.11 bits per heavy atom. The molecule has 2 aromatic rings. The molecule has 1 amide bonds. The van der Waals surface area contributed by atoms with Gasteiger partial charge in [0.15, 0.2) is 0 Å². The number of nitrogens with one attached hydrogen (secondary N) is 1. The highest BCUT2D eigenvalue weighted by atomic mass is 35.5. The molecular formula is C19H23ClN4O4. The van der Waals surface area contributed by atoms with E-state index in [0.717, 1.165) is 5.56 Å². The van der Waals surface area contributed by atoms with Gasteiger partial charge in [-0.2, -0.15) is 0 Å². The molecule has 1 aliphatic heterocycles. The molecule has 0 aliphatic carbocycles. The van der Waals surface area contributed by atoms with Crippen LogP contribution in [0.1, 0.15) is 11.3 Å². The number of aromatic nitrogens is 2. The second kappa shape index (κ2) is 9.18. The minimum atomic E-state index is -0.330. The third-order valence-electron chi connectivity index (χ3n) is 4.47. The van der Waals surface area contributed by atoms with Crippen molar-refractivity contribution >= 4 is 29.1 Å². The molecule has 0 spiro atoms. The second-order valence-electron chi connectivity index (χ2n) is 6.46. The summed E-state index contributed by atoms with van der Waals surface area (Å²) in [5, 5.41) is 3.38. The lowest BCUT2D eigenvalue weighted by Crippen LogP contribution is -2.42. The summed E-state index contributed by atoms with van der Waals surface area (Å²) in [6, 6.07) is 6.68. The van der Waals surface area contributed by atoms with Crippen molar-refractivity contribution in [3.8, 4) is 0 Å². The molecule has 3 rings (SSSR count). The van der Waals surface area contributed by atoms with E-state index in [4.69, 9.17) is 21.1 Å². The summed E-state index contributed by atoms with van der Waals surface area (Å²) >= 11 is 6.11. The molecule has 8 nitrogen and oxygen atoms in total. The van der Waals surface area contributed by atoms with Gasteiger partial charge in [0, 0.05) is 37.0 Å². The average Bonchev–Trinajstić information content (AvgIpc) is 2.68. The molecule has 1 saturated heterocycles. The van der Waals surface area contributed by atoms with E-state index in [1.165, 1.54) is 10.6 Å². The lowest BCUT2D eigenvalue weighted by atomic mass is 10.2. The Bertz CT molecular complexity index is 909. The Labute approximate surface area is 168 Å². The standard InChI is InChI=1S/C19H23ClN4O4/c1-13-15(20)4-3-5-16(13)22-17(25)11-24-18(26)10-14(12-27-2)21-19(24)23-6-8-28-9-7-23/h3-5,10H,6-9,11-12H2,1-2H3,(H,22,25). The van der Waals surface area contributed by atoms with Crippen LogP contribution >= 0.6 is 11.6 Å². The molecule has 1 aromatic carbocycles. The van der Waals surface area contributed by atoms with Crippen LogP contribution in [-0.4, -0.2) is 48.9 Å². The summed E-state index contributed by atoms with van der Waals surface area (Å²) in [5.41, 5.74) is 1.60. The number of carbonyl (C=O) groups is 1. The minimum absolute atomic E-state index is 0.155. The highest BCUT2D eigenvalue weighted by Gasteiger charge is 2.20. The number of amides is 1. The second-order valence-corrected chi connectivity index (χ2v) is 6.87. The van der Waals surface area contributed by atoms with Gasteiger partial charge in [-0.05, 0) is 24.6 Å². The van der Waals surface area contributed by atoms with Crippen LogP contribution in [0.15, 0.2) is 29.1 Å². The molecule has 0 unspecified atom stereocenters. The molecule has 0 saturated carbocycles. The minimum Gasteiger partial charge on any atom is -0.378 e. The predicted molar refractivity (Wildman–Crippen MR) is 107 cm³/mol. The highest BCUT2D eigenvalue weighted by Crippen LogP contribution is 2.23. The number of anilines is 2. The fourth-order valence-corrected chi connectivity index (χ4v) is 3.17. The van der Waals surface area contributed by atoms with Crippen molar-refractivity contribution in [2.45, 2.75) is 20.1 Å². The number of benzene rings is 1.